The summed E-state index contributed by atoms with van der Waals surface area (Å²) in [5, 5.41) is 5.93. The number of halogens is 4. The number of benzene rings is 2. The monoisotopic (exact) mass is 390 g/mol. The zero-order valence-electron chi connectivity index (χ0n) is 10.6. The minimum atomic E-state index is -0.446. The van der Waals surface area contributed by atoms with Crippen molar-refractivity contribution < 1.29 is 9.18 Å². The smallest absolute Gasteiger partial charge is 0.243 e. The molecule has 0 atom stereocenters. The van der Waals surface area contributed by atoms with Gasteiger partial charge in [-0.25, -0.2) is 4.39 Å². The molecule has 1 amide bonds. The molecular formula is C14H10BrCl2FN2O. The molecule has 0 bridgehead atoms. The molecular weight excluding hydrogens is 382 g/mol. The molecule has 0 radical (unpaired) electrons. The first-order valence-corrected chi connectivity index (χ1v) is 7.45. The Morgan fingerprint density at radius 1 is 1.19 bits per heavy atom. The number of carbonyl (C=O) groups excluding carboxylic acids is 1. The van der Waals surface area contributed by atoms with Crippen molar-refractivity contribution in [1.82, 2.24) is 0 Å². The third kappa shape index (κ3) is 4.33. The molecule has 0 unspecified atom stereocenters. The lowest BCUT2D eigenvalue weighted by Gasteiger charge is -2.10. The standard InChI is InChI=1S/C14H10BrCl2FN2O/c15-8-4-5-11(10(18)6-8)19-7-13(21)20-12-3-1-2-9(16)14(12)17/h1-6,19H,7H2,(H,20,21). The first-order valence-electron chi connectivity index (χ1n) is 5.90. The molecule has 0 fully saturated rings. The largest absolute Gasteiger partial charge is 0.374 e. The highest BCUT2D eigenvalue weighted by Crippen LogP contribution is 2.29. The molecule has 0 saturated heterocycles. The van der Waals surface area contributed by atoms with Gasteiger partial charge in [0.15, 0.2) is 0 Å². The van der Waals surface area contributed by atoms with Crippen molar-refractivity contribution >= 4 is 56.4 Å². The molecule has 0 saturated carbocycles. The van der Waals surface area contributed by atoms with Crippen LogP contribution >= 0.6 is 39.1 Å². The highest BCUT2D eigenvalue weighted by atomic mass is 79.9. The first-order chi connectivity index (χ1) is 9.97. The third-order valence-electron chi connectivity index (χ3n) is 2.60. The van der Waals surface area contributed by atoms with E-state index in [0.29, 0.717) is 15.2 Å². The molecule has 2 aromatic rings. The molecule has 2 rings (SSSR count). The van der Waals surface area contributed by atoms with Crippen LogP contribution in [0.15, 0.2) is 40.9 Å². The van der Waals surface area contributed by atoms with Crippen LogP contribution in [-0.4, -0.2) is 12.5 Å². The minimum Gasteiger partial charge on any atom is -0.374 e. The lowest BCUT2D eigenvalue weighted by molar-refractivity contribution is -0.114. The number of rotatable bonds is 4. The van der Waals surface area contributed by atoms with Crippen LogP contribution < -0.4 is 10.6 Å². The maximum Gasteiger partial charge on any atom is 0.243 e. The Hall–Kier alpha value is -1.30. The van der Waals surface area contributed by atoms with Crippen LogP contribution in [0, 0.1) is 5.82 Å². The van der Waals surface area contributed by atoms with E-state index in [4.69, 9.17) is 23.2 Å². The number of amides is 1. The van der Waals surface area contributed by atoms with Gasteiger partial charge in [-0.2, -0.15) is 0 Å². The van der Waals surface area contributed by atoms with Crippen LogP contribution in [0.4, 0.5) is 15.8 Å². The Morgan fingerprint density at radius 2 is 1.95 bits per heavy atom. The van der Waals surface area contributed by atoms with E-state index in [2.05, 4.69) is 26.6 Å². The number of nitrogens with one attached hydrogen (secondary N) is 2. The molecule has 7 heteroatoms. The van der Waals surface area contributed by atoms with Gasteiger partial charge in [0, 0.05) is 4.47 Å². The Bertz CT molecular complexity index is 682. The molecule has 21 heavy (non-hydrogen) atoms. The Balaban J connectivity index is 1.97. The fourth-order valence-corrected chi connectivity index (χ4v) is 2.28. The molecule has 110 valence electrons. The van der Waals surface area contributed by atoms with Gasteiger partial charge >= 0.3 is 0 Å². The van der Waals surface area contributed by atoms with Gasteiger partial charge in [-0.1, -0.05) is 45.2 Å². The van der Waals surface area contributed by atoms with Crippen LogP contribution in [-0.2, 0) is 4.79 Å². The van der Waals surface area contributed by atoms with Crippen LogP contribution in [0.2, 0.25) is 10.0 Å². The van der Waals surface area contributed by atoms with E-state index in [1.54, 1.807) is 30.3 Å². The highest BCUT2D eigenvalue weighted by Gasteiger charge is 2.09. The van der Waals surface area contributed by atoms with Crippen LogP contribution in [0.1, 0.15) is 0 Å². The molecule has 2 N–H and O–H groups in total. The summed E-state index contributed by atoms with van der Waals surface area (Å²) in [6.07, 6.45) is 0. The summed E-state index contributed by atoms with van der Waals surface area (Å²) in [6.45, 7) is -0.0958. The van der Waals surface area contributed by atoms with Crippen LogP contribution in [0.3, 0.4) is 0 Å². The van der Waals surface area contributed by atoms with Crippen molar-refractivity contribution in [2.75, 3.05) is 17.2 Å². The molecule has 0 aromatic heterocycles. The van der Waals surface area contributed by atoms with Gasteiger partial charge < -0.3 is 10.6 Å². The van der Waals surface area contributed by atoms with Crippen molar-refractivity contribution in [2.24, 2.45) is 0 Å². The molecule has 2 aromatic carbocycles. The average molecular weight is 392 g/mol. The molecule has 0 aliphatic rings. The van der Waals surface area contributed by atoms with E-state index in [9.17, 15) is 9.18 Å². The summed E-state index contributed by atoms with van der Waals surface area (Å²) in [5.74, 6) is -0.806. The van der Waals surface area contributed by atoms with Crippen molar-refractivity contribution in [3.8, 4) is 0 Å². The van der Waals surface area contributed by atoms with Gasteiger partial charge in [-0.15, -0.1) is 0 Å². The zero-order chi connectivity index (χ0) is 15.4. The van der Waals surface area contributed by atoms with E-state index in [0.717, 1.165) is 0 Å². The molecule has 0 aliphatic heterocycles. The summed E-state index contributed by atoms with van der Waals surface area (Å²) in [4.78, 5) is 11.8. The first kappa shape index (κ1) is 16.1. The molecule has 0 aliphatic carbocycles. The summed E-state index contributed by atoms with van der Waals surface area (Å²) < 4.78 is 14.2. The fraction of sp³-hybridized carbons (Fsp3) is 0.0714. The lowest BCUT2D eigenvalue weighted by atomic mass is 10.3. The number of anilines is 2. The Labute approximate surface area is 139 Å². The number of hydrogen-bond donors (Lipinski definition) is 2. The van der Waals surface area contributed by atoms with E-state index in [1.165, 1.54) is 6.07 Å². The zero-order valence-corrected chi connectivity index (χ0v) is 13.7. The van der Waals surface area contributed by atoms with Gasteiger partial charge in [0.05, 0.1) is 28.0 Å². The van der Waals surface area contributed by atoms with Gasteiger partial charge in [-0.05, 0) is 30.3 Å². The number of hydrogen-bond acceptors (Lipinski definition) is 2. The predicted octanol–water partition coefficient (Wildman–Crippen LogP) is 4.95. The number of carbonyl (C=O) groups is 1. The second-order valence-electron chi connectivity index (χ2n) is 4.13. The maximum absolute atomic E-state index is 13.6. The quantitative estimate of drug-likeness (QED) is 0.774. The molecule has 0 heterocycles. The SMILES string of the molecule is O=C(CNc1ccc(Br)cc1F)Nc1cccc(Cl)c1Cl. The van der Waals surface area contributed by atoms with Crippen molar-refractivity contribution in [1.29, 1.82) is 0 Å². The summed E-state index contributed by atoms with van der Waals surface area (Å²) in [6, 6.07) is 9.46. The van der Waals surface area contributed by atoms with Crippen LogP contribution in [0.25, 0.3) is 0 Å². The van der Waals surface area contributed by atoms with Gasteiger partial charge in [0.2, 0.25) is 5.91 Å². The van der Waals surface area contributed by atoms with Crippen molar-refractivity contribution in [2.45, 2.75) is 0 Å². The van der Waals surface area contributed by atoms with E-state index >= 15 is 0 Å². The van der Waals surface area contributed by atoms with Gasteiger partial charge in [-0.3, -0.25) is 4.79 Å². The van der Waals surface area contributed by atoms with E-state index in [-0.39, 0.29) is 23.2 Å². The Morgan fingerprint density at radius 3 is 2.67 bits per heavy atom. The van der Waals surface area contributed by atoms with Crippen molar-refractivity contribution in [3.05, 3.63) is 56.7 Å². The highest BCUT2D eigenvalue weighted by molar-refractivity contribution is 9.10. The van der Waals surface area contributed by atoms with Gasteiger partial charge in [0.25, 0.3) is 0 Å². The summed E-state index contributed by atoms with van der Waals surface area (Å²) in [7, 11) is 0. The fourth-order valence-electron chi connectivity index (χ4n) is 1.60. The van der Waals surface area contributed by atoms with Crippen LogP contribution in [0.5, 0.6) is 0 Å². The Kier molecular flexibility index (Phi) is 5.45. The second kappa shape index (κ2) is 7.11. The van der Waals surface area contributed by atoms with Gasteiger partial charge in [0.1, 0.15) is 5.82 Å². The normalized spacial score (nSPS) is 10.3. The maximum atomic E-state index is 13.6. The average Bonchev–Trinajstić information content (AvgIpc) is 2.43. The third-order valence-corrected chi connectivity index (χ3v) is 3.91. The summed E-state index contributed by atoms with van der Waals surface area (Å²) >= 11 is 15.0. The minimum absolute atomic E-state index is 0.0958. The van der Waals surface area contributed by atoms with E-state index in [1.807, 2.05) is 0 Å². The summed E-state index contributed by atoms with van der Waals surface area (Å²) in [5.41, 5.74) is 0.651. The van der Waals surface area contributed by atoms with Crippen molar-refractivity contribution in [3.63, 3.8) is 0 Å². The topological polar surface area (TPSA) is 41.1 Å². The predicted molar refractivity (Wildman–Crippen MR) is 87.7 cm³/mol. The lowest BCUT2D eigenvalue weighted by Crippen LogP contribution is -2.22. The molecule has 3 nitrogen and oxygen atoms in total. The second-order valence-corrected chi connectivity index (χ2v) is 5.83. The molecule has 0 spiro atoms. The van der Waals surface area contributed by atoms with E-state index < -0.39 is 5.82 Å².